The minimum Gasteiger partial charge on any atom is -0.481 e. The topological polar surface area (TPSA) is 66.8 Å². The van der Waals surface area contributed by atoms with Gasteiger partial charge in [0, 0.05) is 13.1 Å². The van der Waals surface area contributed by atoms with E-state index >= 15 is 0 Å². The number of piperidine rings is 1. The lowest BCUT2D eigenvalue weighted by Gasteiger charge is -2.35. The van der Waals surface area contributed by atoms with Crippen LogP contribution in [0.5, 0.6) is 0 Å². The quantitative estimate of drug-likeness (QED) is 0.698. The SMILES string of the molecule is O=C(O)C1CCN(C(=O)C2COC2)CC1. The van der Waals surface area contributed by atoms with Gasteiger partial charge in [-0.15, -0.1) is 0 Å². The van der Waals surface area contributed by atoms with E-state index < -0.39 is 5.97 Å². The Kier molecular flexibility index (Phi) is 2.90. The summed E-state index contributed by atoms with van der Waals surface area (Å²) in [6.45, 7) is 2.20. The van der Waals surface area contributed by atoms with Crippen LogP contribution in [0.2, 0.25) is 0 Å². The largest absolute Gasteiger partial charge is 0.481 e. The molecule has 1 N–H and O–H groups in total. The molecule has 2 rings (SSSR count). The second-order valence-electron chi connectivity index (χ2n) is 4.17. The molecule has 1 amide bonds. The zero-order chi connectivity index (χ0) is 10.8. The second kappa shape index (κ2) is 4.18. The number of carbonyl (C=O) groups excluding carboxylic acids is 1. The highest BCUT2D eigenvalue weighted by Gasteiger charge is 2.33. The molecule has 0 unspecified atom stereocenters. The molecule has 5 nitrogen and oxygen atoms in total. The van der Waals surface area contributed by atoms with E-state index in [9.17, 15) is 9.59 Å². The monoisotopic (exact) mass is 213 g/mol. The van der Waals surface area contributed by atoms with Crippen molar-refractivity contribution in [2.75, 3.05) is 26.3 Å². The number of nitrogens with zero attached hydrogens (tertiary/aromatic N) is 1. The highest BCUT2D eigenvalue weighted by molar-refractivity contribution is 5.80. The van der Waals surface area contributed by atoms with E-state index in [0.717, 1.165) is 0 Å². The van der Waals surface area contributed by atoms with E-state index in [4.69, 9.17) is 9.84 Å². The molecule has 15 heavy (non-hydrogen) atoms. The molecule has 0 spiro atoms. The molecule has 2 heterocycles. The van der Waals surface area contributed by atoms with Crippen molar-refractivity contribution in [1.82, 2.24) is 4.90 Å². The number of rotatable bonds is 2. The van der Waals surface area contributed by atoms with Gasteiger partial charge in [-0.25, -0.2) is 0 Å². The van der Waals surface area contributed by atoms with Gasteiger partial charge in [-0.05, 0) is 12.8 Å². The van der Waals surface area contributed by atoms with Gasteiger partial charge < -0.3 is 14.7 Å². The molecule has 2 aliphatic heterocycles. The summed E-state index contributed by atoms with van der Waals surface area (Å²) < 4.78 is 4.96. The van der Waals surface area contributed by atoms with Gasteiger partial charge in [0.05, 0.1) is 25.0 Å². The summed E-state index contributed by atoms with van der Waals surface area (Å²) in [4.78, 5) is 24.2. The number of carbonyl (C=O) groups is 2. The molecule has 0 aromatic rings. The molecule has 0 radical (unpaired) electrons. The van der Waals surface area contributed by atoms with Crippen LogP contribution in [0.25, 0.3) is 0 Å². The van der Waals surface area contributed by atoms with E-state index in [1.54, 1.807) is 4.90 Å². The van der Waals surface area contributed by atoms with Gasteiger partial charge in [0.15, 0.2) is 0 Å². The molecule has 0 saturated carbocycles. The van der Waals surface area contributed by atoms with Crippen molar-refractivity contribution >= 4 is 11.9 Å². The predicted molar refractivity (Wildman–Crippen MR) is 51.2 cm³/mol. The molecule has 0 aromatic carbocycles. The van der Waals surface area contributed by atoms with E-state index in [1.165, 1.54) is 0 Å². The number of amides is 1. The normalized spacial score (nSPS) is 23.6. The van der Waals surface area contributed by atoms with Crippen molar-refractivity contribution in [1.29, 1.82) is 0 Å². The maximum Gasteiger partial charge on any atom is 0.306 e. The Hall–Kier alpha value is -1.10. The van der Waals surface area contributed by atoms with Crippen molar-refractivity contribution in [2.45, 2.75) is 12.8 Å². The maximum absolute atomic E-state index is 11.8. The van der Waals surface area contributed by atoms with Crippen molar-refractivity contribution in [3.05, 3.63) is 0 Å². The van der Waals surface area contributed by atoms with Crippen LogP contribution in [0, 0.1) is 11.8 Å². The highest BCUT2D eigenvalue weighted by Crippen LogP contribution is 2.21. The third-order valence-electron chi connectivity index (χ3n) is 3.14. The molecule has 0 aromatic heterocycles. The fourth-order valence-corrected chi connectivity index (χ4v) is 1.98. The van der Waals surface area contributed by atoms with Crippen molar-refractivity contribution in [3.8, 4) is 0 Å². The van der Waals surface area contributed by atoms with E-state index in [0.29, 0.717) is 39.1 Å². The minimum absolute atomic E-state index is 0.0198. The summed E-state index contributed by atoms with van der Waals surface area (Å²) in [5, 5.41) is 8.81. The van der Waals surface area contributed by atoms with Crippen LogP contribution in [0.4, 0.5) is 0 Å². The lowest BCUT2D eigenvalue weighted by atomic mass is 9.95. The van der Waals surface area contributed by atoms with Crippen LogP contribution in [0.15, 0.2) is 0 Å². The van der Waals surface area contributed by atoms with Gasteiger partial charge in [0.2, 0.25) is 5.91 Å². The van der Waals surface area contributed by atoms with Gasteiger partial charge in [-0.1, -0.05) is 0 Å². The number of carboxylic acid groups (broad SMARTS) is 1. The smallest absolute Gasteiger partial charge is 0.306 e. The number of ether oxygens (including phenoxy) is 1. The summed E-state index contributed by atoms with van der Waals surface area (Å²) in [5.41, 5.74) is 0. The first-order chi connectivity index (χ1) is 7.18. The molecule has 5 heteroatoms. The zero-order valence-corrected chi connectivity index (χ0v) is 8.52. The summed E-state index contributed by atoms with van der Waals surface area (Å²) in [6.07, 6.45) is 1.16. The highest BCUT2D eigenvalue weighted by atomic mass is 16.5. The predicted octanol–water partition coefficient (Wildman–Crippen LogP) is -0.0440. The molecule has 2 saturated heterocycles. The molecule has 84 valence electrons. The van der Waals surface area contributed by atoms with Crippen LogP contribution in [0.3, 0.4) is 0 Å². The standard InChI is InChI=1S/C10H15NO4/c12-9(8-5-15-6-8)11-3-1-7(2-4-11)10(13)14/h7-8H,1-6H2,(H,13,14). The molecular weight excluding hydrogens is 198 g/mol. The molecule has 2 fully saturated rings. The lowest BCUT2D eigenvalue weighted by molar-refractivity contribution is -0.154. The number of hydrogen-bond donors (Lipinski definition) is 1. The minimum atomic E-state index is -0.742. The van der Waals surface area contributed by atoms with Gasteiger partial charge in [-0.3, -0.25) is 9.59 Å². The first-order valence-electron chi connectivity index (χ1n) is 5.28. The Balaban J connectivity index is 1.82. The maximum atomic E-state index is 11.8. The van der Waals surface area contributed by atoms with E-state index in [1.807, 2.05) is 0 Å². The van der Waals surface area contributed by atoms with Gasteiger partial charge in [0.1, 0.15) is 0 Å². The summed E-state index contributed by atoms with van der Waals surface area (Å²) in [6, 6.07) is 0. The van der Waals surface area contributed by atoms with Crippen molar-refractivity contribution in [2.24, 2.45) is 11.8 Å². The van der Waals surface area contributed by atoms with Gasteiger partial charge in [0.25, 0.3) is 0 Å². The van der Waals surface area contributed by atoms with Crippen LogP contribution in [0.1, 0.15) is 12.8 Å². The van der Waals surface area contributed by atoms with Crippen LogP contribution < -0.4 is 0 Å². The number of aliphatic carboxylic acids is 1. The summed E-state index contributed by atoms with van der Waals surface area (Å²) in [5.74, 6) is -0.864. The average Bonchev–Trinajstić information content (AvgIpc) is 2.15. The second-order valence-corrected chi connectivity index (χ2v) is 4.17. The third-order valence-corrected chi connectivity index (χ3v) is 3.14. The van der Waals surface area contributed by atoms with Gasteiger partial charge >= 0.3 is 5.97 Å². The molecule has 0 bridgehead atoms. The third kappa shape index (κ3) is 2.12. The van der Waals surface area contributed by atoms with Crippen molar-refractivity contribution in [3.63, 3.8) is 0 Å². The lowest BCUT2D eigenvalue weighted by Crippen LogP contribution is -2.48. The number of carboxylic acids is 1. The molecule has 0 atom stereocenters. The van der Waals surface area contributed by atoms with E-state index in [-0.39, 0.29) is 17.7 Å². The molecule has 2 aliphatic rings. The Morgan fingerprint density at radius 1 is 1.13 bits per heavy atom. The Morgan fingerprint density at radius 3 is 2.13 bits per heavy atom. The first kappa shape index (κ1) is 10.4. The number of hydrogen-bond acceptors (Lipinski definition) is 3. The number of likely N-dealkylation sites (tertiary alicyclic amines) is 1. The fraction of sp³-hybridized carbons (Fsp3) is 0.800. The molecular formula is C10H15NO4. The van der Waals surface area contributed by atoms with Gasteiger partial charge in [-0.2, -0.15) is 0 Å². The molecule has 0 aliphatic carbocycles. The Labute approximate surface area is 88.0 Å². The van der Waals surface area contributed by atoms with Crippen LogP contribution >= 0.6 is 0 Å². The summed E-state index contributed by atoms with van der Waals surface area (Å²) >= 11 is 0. The first-order valence-corrected chi connectivity index (χ1v) is 5.28. The summed E-state index contributed by atoms with van der Waals surface area (Å²) in [7, 11) is 0. The van der Waals surface area contributed by atoms with Crippen LogP contribution in [-0.4, -0.2) is 48.2 Å². The van der Waals surface area contributed by atoms with E-state index in [2.05, 4.69) is 0 Å². The fourth-order valence-electron chi connectivity index (χ4n) is 1.98. The Bertz CT molecular complexity index is 267. The Morgan fingerprint density at radius 2 is 1.73 bits per heavy atom. The average molecular weight is 213 g/mol. The van der Waals surface area contributed by atoms with Crippen LogP contribution in [-0.2, 0) is 14.3 Å². The van der Waals surface area contributed by atoms with Crippen molar-refractivity contribution < 1.29 is 19.4 Å². The zero-order valence-electron chi connectivity index (χ0n) is 8.52.